The van der Waals surface area contributed by atoms with E-state index in [9.17, 15) is 5.11 Å². The van der Waals surface area contributed by atoms with Crippen LogP contribution in [0.4, 0.5) is 0 Å². The average Bonchev–Trinajstić information content (AvgIpc) is 1.86. The fourth-order valence-electron chi connectivity index (χ4n) is 1.02. The Morgan fingerprint density at radius 2 is 1.73 bits per heavy atom. The summed E-state index contributed by atoms with van der Waals surface area (Å²) in [5.74, 6) is 0. The number of aliphatic hydroxyl groups excluding tert-OH is 1. The highest BCUT2D eigenvalue weighted by atomic mass is 28.3. The summed E-state index contributed by atoms with van der Waals surface area (Å²) >= 11 is 0. The molecule has 0 saturated heterocycles. The fourth-order valence-corrected chi connectivity index (χ4v) is 2.09. The zero-order chi connectivity index (χ0) is 8.91. The Morgan fingerprint density at radius 3 is 2.09 bits per heavy atom. The van der Waals surface area contributed by atoms with Crippen molar-refractivity contribution < 1.29 is 5.11 Å². The van der Waals surface area contributed by atoms with E-state index >= 15 is 0 Å². The van der Waals surface area contributed by atoms with Crippen LogP contribution in [0, 0.1) is 0 Å². The van der Waals surface area contributed by atoms with E-state index in [2.05, 4.69) is 26.6 Å². The molecule has 0 aliphatic rings. The van der Waals surface area contributed by atoms with Crippen molar-refractivity contribution >= 4 is 8.07 Å². The second-order valence-electron chi connectivity index (χ2n) is 4.38. The van der Waals surface area contributed by atoms with Crippen molar-refractivity contribution in [3.63, 3.8) is 0 Å². The topological polar surface area (TPSA) is 20.2 Å². The van der Waals surface area contributed by atoms with Gasteiger partial charge in [-0.25, -0.2) is 0 Å². The number of rotatable bonds is 5. The summed E-state index contributed by atoms with van der Waals surface area (Å²) in [7, 11) is -1.26. The molecule has 0 heterocycles. The van der Waals surface area contributed by atoms with Crippen LogP contribution in [0.1, 0.15) is 32.6 Å². The van der Waals surface area contributed by atoms with Gasteiger partial charge in [0.15, 0.2) is 0 Å². The minimum absolute atomic E-state index is 0.00838. The minimum Gasteiger partial charge on any atom is -0.397 e. The first kappa shape index (κ1) is 11.2. The van der Waals surface area contributed by atoms with Crippen molar-refractivity contribution in [2.24, 2.45) is 0 Å². The summed E-state index contributed by atoms with van der Waals surface area (Å²) in [5, 5.41) is 9.67. The highest BCUT2D eigenvalue weighted by Crippen LogP contribution is 2.13. The second kappa shape index (κ2) is 4.94. The Morgan fingerprint density at radius 1 is 1.18 bits per heavy atom. The van der Waals surface area contributed by atoms with Crippen LogP contribution in [0.25, 0.3) is 0 Å². The van der Waals surface area contributed by atoms with Gasteiger partial charge in [-0.2, -0.15) is 0 Å². The van der Waals surface area contributed by atoms with E-state index in [1.165, 1.54) is 19.3 Å². The fraction of sp³-hybridized carbons (Fsp3) is 1.00. The van der Waals surface area contributed by atoms with Gasteiger partial charge in [-0.15, -0.1) is 0 Å². The van der Waals surface area contributed by atoms with Gasteiger partial charge in [-0.3, -0.25) is 0 Å². The van der Waals surface area contributed by atoms with E-state index in [1.54, 1.807) is 0 Å². The first-order chi connectivity index (χ1) is 4.98. The molecule has 0 fully saturated rings. The van der Waals surface area contributed by atoms with Crippen LogP contribution in [0.5, 0.6) is 0 Å². The second-order valence-corrected chi connectivity index (χ2v) is 9.78. The van der Waals surface area contributed by atoms with E-state index in [4.69, 9.17) is 0 Å². The van der Waals surface area contributed by atoms with Crippen LogP contribution >= 0.6 is 0 Å². The number of hydrogen-bond acceptors (Lipinski definition) is 1. The molecule has 0 aliphatic carbocycles. The molecule has 0 unspecified atom stereocenters. The van der Waals surface area contributed by atoms with Crippen LogP contribution in [0.2, 0.25) is 19.6 Å². The Bertz CT molecular complexity index is 96.2. The van der Waals surface area contributed by atoms with Gasteiger partial charge in [-0.1, -0.05) is 45.8 Å². The quantitative estimate of drug-likeness (QED) is 0.502. The van der Waals surface area contributed by atoms with Gasteiger partial charge in [0.1, 0.15) is 0 Å². The van der Waals surface area contributed by atoms with E-state index in [0.717, 1.165) is 6.42 Å². The Kier molecular flexibility index (Phi) is 5.02. The first-order valence-corrected chi connectivity index (χ1v) is 8.24. The van der Waals surface area contributed by atoms with Crippen LogP contribution in [0.15, 0.2) is 0 Å². The predicted octanol–water partition coefficient (Wildman–Crippen LogP) is 2.81. The molecule has 0 rings (SSSR count). The number of unbranched alkanes of at least 4 members (excludes halogenated alkanes) is 2. The molecular weight excluding hydrogens is 152 g/mol. The molecule has 0 radical (unpaired) electrons. The van der Waals surface area contributed by atoms with Crippen molar-refractivity contribution in [2.45, 2.75) is 58.0 Å². The standard InChI is InChI=1S/C9H22OSi/c1-5-6-7-8-9(10)11(2,3)4/h9-10H,5-8H2,1-4H3/t9-/m0/s1. The molecule has 1 nitrogen and oxygen atoms in total. The summed E-state index contributed by atoms with van der Waals surface area (Å²) in [4.78, 5) is 0. The number of hydrogen-bond donors (Lipinski definition) is 1. The van der Waals surface area contributed by atoms with Crippen LogP contribution in [0.3, 0.4) is 0 Å². The smallest absolute Gasteiger partial charge is 0.0781 e. The lowest BCUT2D eigenvalue weighted by molar-refractivity contribution is 0.228. The third kappa shape index (κ3) is 5.45. The average molecular weight is 174 g/mol. The molecule has 0 saturated carbocycles. The van der Waals surface area contributed by atoms with Gasteiger partial charge in [0.25, 0.3) is 0 Å². The molecule has 0 amide bonds. The van der Waals surface area contributed by atoms with E-state index in [-0.39, 0.29) is 5.73 Å². The predicted molar refractivity (Wildman–Crippen MR) is 53.5 cm³/mol. The van der Waals surface area contributed by atoms with Gasteiger partial charge in [0.05, 0.1) is 8.07 Å². The van der Waals surface area contributed by atoms with Crippen molar-refractivity contribution in [1.29, 1.82) is 0 Å². The molecule has 1 atom stereocenters. The molecule has 0 aromatic heterocycles. The van der Waals surface area contributed by atoms with Gasteiger partial charge in [0, 0.05) is 5.73 Å². The number of aliphatic hydroxyl groups is 1. The summed E-state index contributed by atoms with van der Waals surface area (Å²) in [6, 6.07) is 0. The maximum atomic E-state index is 9.67. The lowest BCUT2D eigenvalue weighted by Gasteiger charge is -2.23. The largest absolute Gasteiger partial charge is 0.397 e. The maximum absolute atomic E-state index is 9.67. The molecule has 1 N–H and O–H groups in total. The van der Waals surface area contributed by atoms with E-state index in [0.29, 0.717) is 0 Å². The van der Waals surface area contributed by atoms with Crippen LogP contribution in [-0.2, 0) is 0 Å². The van der Waals surface area contributed by atoms with Gasteiger partial charge in [-0.05, 0) is 6.42 Å². The Hall–Kier alpha value is 0.177. The molecule has 68 valence electrons. The third-order valence-electron chi connectivity index (χ3n) is 2.08. The van der Waals surface area contributed by atoms with Gasteiger partial charge >= 0.3 is 0 Å². The van der Waals surface area contributed by atoms with E-state index in [1.807, 2.05) is 0 Å². The first-order valence-electron chi connectivity index (χ1n) is 4.66. The summed E-state index contributed by atoms with van der Waals surface area (Å²) in [6.45, 7) is 8.87. The zero-order valence-electron chi connectivity index (χ0n) is 8.35. The maximum Gasteiger partial charge on any atom is 0.0781 e. The Balaban J connectivity index is 3.44. The highest BCUT2D eigenvalue weighted by Gasteiger charge is 2.23. The molecule has 11 heavy (non-hydrogen) atoms. The molecule has 2 heteroatoms. The van der Waals surface area contributed by atoms with Crippen molar-refractivity contribution in [1.82, 2.24) is 0 Å². The highest BCUT2D eigenvalue weighted by molar-refractivity contribution is 6.77. The normalized spacial score (nSPS) is 15.0. The monoisotopic (exact) mass is 174 g/mol. The molecule has 0 aromatic carbocycles. The summed E-state index contributed by atoms with van der Waals surface area (Å²) in [5.41, 5.74) is 0.00838. The SMILES string of the molecule is CCCCC[C@@H](O)[Si](C)(C)C. The molecule has 0 spiro atoms. The molecular formula is C9H22OSi. The molecule has 0 bridgehead atoms. The third-order valence-corrected chi connectivity index (χ3v) is 4.37. The summed E-state index contributed by atoms with van der Waals surface area (Å²) in [6.07, 6.45) is 4.73. The van der Waals surface area contributed by atoms with Crippen molar-refractivity contribution in [2.75, 3.05) is 0 Å². The van der Waals surface area contributed by atoms with Gasteiger partial charge < -0.3 is 5.11 Å². The van der Waals surface area contributed by atoms with Crippen molar-refractivity contribution in [3.8, 4) is 0 Å². The molecule has 0 aliphatic heterocycles. The van der Waals surface area contributed by atoms with Crippen molar-refractivity contribution in [3.05, 3.63) is 0 Å². The lowest BCUT2D eigenvalue weighted by Crippen LogP contribution is -2.37. The lowest BCUT2D eigenvalue weighted by atomic mass is 10.2. The van der Waals surface area contributed by atoms with Gasteiger partial charge in [0.2, 0.25) is 0 Å². The Labute approximate surface area is 71.8 Å². The van der Waals surface area contributed by atoms with E-state index < -0.39 is 8.07 Å². The van der Waals surface area contributed by atoms with Crippen LogP contribution in [-0.4, -0.2) is 18.9 Å². The zero-order valence-corrected chi connectivity index (χ0v) is 9.35. The minimum atomic E-state index is -1.26. The molecule has 0 aromatic rings. The van der Waals surface area contributed by atoms with Crippen LogP contribution < -0.4 is 0 Å². The summed E-state index contributed by atoms with van der Waals surface area (Å²) < 4.78 is 0.